The minimum Gasteiger partial charge on any atom is -0.479 e. The van der Waals surface area contributed by atoms with E-state index in [-0.39, 0.29) is 17.8 Å². The molecule has 0 aliphatic rings. The third-order valence-corrected chi connectivity index (χ3v) is 4.08. The Labute approximate surface area is 147 Å². The smallest absolute Gasteiger partial charge is 0.261 e. The largest absolute Gasteiger partial charge is 0.479 e. The van der Waals surface area contributed by atoms with Gasteiger partial charge in [-0.15, -0.1) is 0 Å². The van der Waals surface area contributed by atoms with Crippen LogP contribution in [0.3, 0.4) is 0 Å². The Morgan fingerprint density at radius 1 is 1.22 bits per heavy atom. The highest BCUT2D eigenvalue weighted by Crippen LogP contribution is 2.28. The summed E-state index contributed by atoms with van der Waals surface area (Å²) in [4.78, 5) is 12.2. The van der Waals surface area contributed by atoms with Crippen molar-refractivity contribution in [1.82, 2.24) is 5.32 Å². The van der Waals surface area contributed by atoms with Gasteiger partial charge in [-0.05, 0) is 49.7 Å². The fraction of sp³-hybridized carbons (Fsp3) is 0.235. The summed E-state index contributed by atoms with van der Waals surface area (Å²) in [5, 5.41) is 3.25. The van der Waals surface area contributed by atoms with Gasteiger partial charge in [0.25, 0.3) is 5.91 Å². The van der Waals surface area contributed by atoms with Crippen molar-refractivity contribution in [2.45, 2.75) is 26.0 Å². The fourth-order valence-electron chi connectivity index (χ4n) is 1.98. The van der Waals surface area contributed by atoms with Gasteiger partial charge in [-0.3, -0.25) is 4.79 Å². The number of ether oxygens (including phenoxy) is 1. The minimum absolute atomic E-state index is 0.255. The molecule has 0 aromatic heterocycles. The molecule has 0 heterocycles. The highest BCUT2D eigenvalue weighted by molar-refractivity contribution is 9.10. The van der Waals surface area contributed by atoms with E-state index in [1.54, 1.807) is 37.3 Å². The number of rotatable bonds is 5. The van der Waals surface area contributed by atoms with Crippen molar-refractivity contribution in [3.63, 3.8) is 0 Å². The number of carbonyl (C=O) groups excluding carboxylic acids is 1. The summed E-state index contributed by atoms with van der Waals surface area (Å²) in [6.45, 7) is 3.47. The standard InChI is InChI=1S/C17H16BrClFNO2/c1-10(12-3-6-14(20)7-4-12)21-17(22)11(2)23-16-8-5-13(18)9-15(16)19/h3-11H,1-2H3,(H,21,22)/t10-,11-/m0/s1. The van der Waals surface area contributed by atoms with Crippen LogP contribution in [0.2, 0.25) is 5.02 Å². The SMILES string of the molecule is C[C@H](Oc1ccc(Br)cc1Cl)C(=O)N[C@@H](C)c1ccc(F)cc1. The van der Waals surface area contributed by atoms with E-state index in [4.69, 9.17) is 16.3 Å². The molecule has 3 nitrogen and oxygen atoms in total. The van der Waals surface area contributed by atoms with E-state index in [0.717, 1.165) is 10.0 Å². The van der Waals surface area contributed by atoms with E-state index in [2.05, 4.69) is 21.2 Å². The molecular formula is C17H16BrClFNO2. The highest BCUT2D eigenvalue weighted by atomic mass is 79.9. The van der Waals surface area contributed by atoms with Crippen LogP contribution in [0.4, 0.5) is 4.39 Å². The van der Waals surface area contributed by atoms with Gasteiger partial charge in [0.05, 0.1) is 11.1 Å². The van der Waals surface area contributed by atoms with Crippen molar-refractivity contribution in [1.29, 1.82) is 0 Å². The van der Waals surface area contributed by atoms with Crippen LogP contribution in [0.25, 0.3) is 0 Å². The Bertz CT molecular complexity index is 693. The van der Waals surface area contributed by atoms with Gasteiger partial charge in [0.1, 0.15) is 11.6 Å². The van der Waals surface area contributed by atoms with Crippen LogP contribution >= 0.6 is 27.5 Å². The molecule has 0 aliphatic heterocycles. The first-order chi connectivity index (χ1) is 10.9. The summed E-state index contributed by atoms with van der Waals surface area (Å²) in [6.07, 6.45) is -0.712. The lowest BCUT2D eigenvalue weighted by atomic mass is 10.1. The second-order valence-electron chi connectivity index (χ2n) is 5.12. The van der Waals surface area contributed by atoms with Crippen LogP contribution in [0, 0.1) is 5.82 Å². The van der Waals surface area contributed by atoms with Crippen LogP contribution in [-0.2, 0) is 4.79 Å². The molecular weight excluding hydrogens is 385 g/mol. The van der Waals surface area contributed by atoms with E-state index in [9.17, 15) is 9.18 Å². The fourth-order valence-corrected chi connectivity index (χ4v) is 2.70. The van der Waals surface area contributed by atoms with E-state index in [1.807, 2.05) is 6.92 Å². The summed E-state index contributed by atoms with van der Waals surface area (Å²) in [6, 6.07) is 10.9. The molecule has 2 aromatic carbocycles. The van der Waals surface area contributed by atoms with Crippen molar-refractivity contribution in [2.24, 2.45) is 0 Å². The highest BCUT2D eigenvalue weighted by Gasteiger charge is 2.18. The third kappa shape index (κ3) is 4.94. The molecule has 1 N–H and O–H groups in total. The minimum atomic E-state index is -0.712. The van der Waals surface area contributed by atoms with Gasteiger partial charge in [-0.25, -0.2) is 4.39 Å². The summed E-state index contributed by atoms with van der Waals surface area (Å²) in [5.74, 6) is -0.151. The average Bonchev–Trinajstić information content (AvgIpc) is 2.50. The van der Waals surface area contributed by atoms with E-state index in [0.29, 0.717) is 10.8 Å². The molecule has 0 bridgehead atoms. The molecule has 6 heteroatoms. The van der Waals surface area contributed by atoms with Gasteiger partial charge in [-0.1, -0.05) is 39.7 Å². The summed E-state index contributed by atoms with van der Waals surface area (Å²) in [5.41, 5.74) is 0.814. The van der Waals surface area contributed by atoms with Gasteiger partial charge in [0, 0.05) is 4.47 Å². The zero-order chi connectivity index (χ0) is 17.0. The average molecular weight is 401 g/mol. The van der Waals surface area contributed by atoms with E-state index < -0.39 is 6.10 Å². The molecule has 2 aromatic rings. The molecule has 0 aliphatic carbocycles. The molecule has 2 rings (SSSR count). The van der Waals surface area contributed by atoms with Crippen molar-refractivity contribution in [3.8, 4) is 5.75 Å². The van der Waals surface area contributed by atoms with Crippen molar-refractivity contribution < 1.29 is 13.9 Å². The molecule has 0 spiro atoms. The van der Waals surface area contributed by atoms with Crippen LogP contribution in [0.15, 0.2) is 46.9 Å². The van der Waals surface area contributed by atoms with Crippen molar-refractivity contribution in [2.75, 3.05) is 0 Å². The molecule has 2 atom stereocenters. The maximum absolute atomic E-state index is 12.9. The first kappa shape index (κ1) is 17.8. The monoisotopic (exact) mass is 399 g/mol. The topological polar surface area (TPSA) is 38.3 Å². The Morgan fingerprint density at radius 2 is 1.87 bits per heavy atom. The number of amides is 1. The first-order valence-electron chi connectivity index (χ1n) is 7.04. The predicted molar refractivity (Wildman–Crippen MR) is 92.2 cm³/mol. The maximum atomic E-state index is 12.9. The summed E-state index contributed by atoms with van der Waals surface area (Å²) in [7, 11) is 0. The number of halogens is 3. The second-order valence-corrected chi connectivity index (χ2v) is 6.44. The zero-order valence-corrected chi connectivity index (χ0v) is 15.0. The Balaban J connectivity index is 1.98. The summed E-state index contributed by atoms with van der Waals surface area (Å²) >= 11 is 9.38. The Kier molecular flexibility index (Phi) is 6.02. The lowest BCUT2D eigenvalue weighted by Crippen LogP contribution is -2.37. The number of nitrogens with one attached hydrogen (secondary N) is 1. The van der Waals surface area contributed by atoms with Crippen LogP contribution in [0.1, 0.15) is 25.5 Å². The second kappa shape index (κ2) is 7.79. The van der Waals surface area contributed by atoms with Crippen molar-refractivity contribution in [3.05, 3.63) is 63.3 Å². The van der Waals surface area contributed by atoms with E-state index >= 15 is 0 Å². The molecule has 122 valence electrons. The number of benzene rings is 2. The first-order valence-corrected chi connectivity index (χ1v) is 8.21. The normalized spacial score (nSPS) is 13.3. The molecule has 0 saturated carbocycles. The van der Waals surface area contributed by atoms with Crippen LogP contribution in [0.5, 0.6) is 5.75 Å². The maximum Gasteiger partial charge on any atom is 0.261 e. The Hall–Kier alpha value is -1.59. The van der Waals surface area contributed by atoms with Gasteiger partial charge in [-0.2, -0.15) is 0 Å². The van der Waals surface area contributed by atoms with E-state index in [1.165, 1.54) is 12.1 Å². The molecule has 0 fully saturated rings. The number of carbonyl (C=O) groups is 1. The lowest BCUT2D eigenvalue weighted by Gasteiger charge is -2.19. The van der Waals surface area contributed by atoms with Gasteiger partial charge < -0.3 is 10.1 Å². The zero-order valence-electron chi connectivity index (χ0n) is 12.6. The number of hydrogen-bond acceptors (Lipinski definition) is 2. The predicted octanol–water partition coefficient (Wildman–Crippen LogP) is 4.89. The quantitative estimate of drug-likeness (QED) is 0.776. The molecule has 1 amide bonds. The molecule has 0 saturated heterocycles. The van der Waals surface area contributed by atoms with Gasteiger partial charge in [0.2, 0.25) is 0 Å². The molecule has 23 heavy (non-hydrogen) atoms. The van der Waals surface area contributed by atoms with Crippen LogP contribution < -0.4 is 10.1 Å². The molecule has 0 radical (unpaired) electrons. The third-order valence-electron chi connectivity index (χ3n) is 3.30. The lowest BCUT2D eigenvalue weighted by molar-refractivity contribution is -0.127. The number of hydrogen-bond donors (Lipinski definition) is 1. The van der Waals surface area contributed by atoms with Gasteiger partial charge >= 0.3 is 0 Å². The van der Waals surface area contributed by atoms with Crippen LogP contribution in [-0.4, -0.2) is 12.0 Å². The van der Waals surface area contributed by atoms with Crippen molar-refractivity contribution >= 4 is 33.4 Å². The Morgan fingerprint density at radius 3 is 2.48 bits per heavy atom. The van der Waals surface area contributed by atoms with Gasteiger partial charge in [0.15, 0.2) is 6.10 Å². The molecule has 0 unspecified atom stereocenters. The summed E-state index contributed by atoms with van der Waals surface area (Å²) < 4.78 is 19.3.